The van der Waals surface area contributed by atoms with Crippen LogP contribution in [-0.4, -0.2) is 47.9 Å². The molecule has 0 heterocycles. The number of benzene rings is 1. The monoisotopic (exact) mass is 366 g/mol. The molecule has 0 aliphatic rings. The van der Waals surface area contributed by atoms with E-state index in [0.717, 1.165) is 5.56 Å². The van der Waals surface area contributed by atoms with E-state index in [0.29, 0.717) is 0 Å². The highest BCUT2D eigenvalue weighted by atomic mass is 16.5. The predicted octanol–water partition coefficient (Wildman–Crippen LogP) is 1.12. The lowest BCUT2D eigenvalue weighted by Crippen LogP contribution is -2.57. The van der Waals surface area contributed by atoms with E-state index in [4.69, 9.17) is 9.47 Å². The third kappa shape index (κ3) is 7.10. The standard InChI is InChI=1S/C18H26N2O6/c1-4-18(3,24)15(16(22)25-5-2)20-14(21)11-19-17(23)26-12-13-9-7-6-8-10-13/h6-10,15,24H,4-5,11-12H2,1-3H3,(H,19,23)(H,20,21)/t15-,18-/m1/s1. The van der Waals surface area contributed by atoms with Crippen LogP contribution in [0.5, 0.6) is 0 Å². The number of ether oxygens (including phenoxy) is 2. The molecule has 0 aromatic heterocycles. The zero-order valence-corrected chi connectivity index (χ0v) is 15.3. The van der Waals surface area contributed by atoms with Crippen LogP contribution >= 0.6 is 0 Å². The van der Waals surface area contributed by atoms with Crippen molar-refractivity contribution in [3.63, 3.8) is 0 Å². The quantitative estimate of drug-likeness (QED) is 0.565. The van der Waals surface area contributed by atoms with Crippen LogP contribution in [0.25, 0.3) is 0 Å². The van der Waals surface area contributed by atoms with Gasteiger partial charge in [0.05, 0.1) is 12.2 Å². The molecule has 0 aliphatic heterocycles. The molecule has 1 rings (SSSR count). The number of alkyl carbamates (subject to hydrolysis) is 1. The molecule has 0 spiro atoms. The van der Waals surface area contributed by atoms with Crippen molar-refractivity contribution in [1.29, 1.82) is 0 Å². The first-order valence-electron chi connectivity index (χ1n) is 8.43. The Balaban J connectivity index is 2.49. The normalized spacial score (nSPS) is 13.8. The van der Waals surface area contributed by atoms with Crippen LogP contribution in [0.3, 0.4) is 0 Å². The predicted molar refractivity (Wildman–Crippen MR) is 94.1 cm³/mol. The van der Waals surface area contributed by atoms with Gasteiger partial charge in [0.25, 0.3) is 0 Å². The van der Waals surface area contributed by atoms with E-state index in [2.05, 4.69) is 10.6 Å². The van der Waals surface area contributed by atoms with Crippen molar-refractivity contribution in [2.24, 2.45) is 0 Å². The van der Waals surface area contributed by atoms with Gasteiger partial charge in [0.15, 0.2) is 6.04 Å². The van der Waals surface area contributed by atoms with Crippen molar-refractivity contribution in [2.75, 3.05) is 13.2 Å². The Morgan fingerprint density at radius 2 is 1.81 bits per heavy atom. The molecular formula is C18H26N2O6. The Hall–Kier alpha value is -2.61. The fourth-order valence-corrected chi connectivity index (χ4v) is 2.04. The molecule has 8 nitrogen and oxygen atoms in total. The van der Waals surface area contributed by atoms with Gasteiger partial charge in [-0.15, -0.1) is 0 Å². The number of rotatable bonds is 9. The van der Waals surface area contributed by atoms with Crippen LogP contribution in [-0.2, 0) is 25.7 Å². The molecule has 0 radical (unpaired) electrons. The highest BCUT2D eigenvalue weighted by Gasteiger charge is 2.38. The van der Waals surface area contributed by atoms with Crippen LogP contribution in [0.15, 0.2) is 30.3 Å². The Morgan fingerprint density at radius 3 is 2.38 bits per heavy atom. The second kappa shape index (κ2) is 10.4. The summed E-state index contributed by atoms with van der Waals surface area (Å²) in [5.74, 6) is -1.38. The molecule has 144 valence electrons. The molecule has 0 saturated heterocycles. The average molecular weight is 366 g/mol. The van der Waals surface area contributed by atoms with Crippen molar-refractivity contribution in [3.8, 4) is 0 Å². The number of nitrogens with one attached hydrogen (secondary N) is 2. The summed E-state index contributed by atoms with van der Waals surface area (Å²) in [6.07, 6.45) is -0.539. The first-order chi connectivity index (χ1) is 12.3. The van der Waals surface area contributed by atoms with E-state index >= 15 is 0 Å². The fraction of sp³-hybridized carbons (Fsp3) is 0.500. The van der Waals surface area contributed by atoms with Gasteiger partial charge in [-0.2, -0.15) is 0 Å². The molecule has 0 bridgehead atoms. The Bertz CT molecular complexity index is 603. The van der Waals surface area contributed by atoms with Crippen LogP contribution < -0.4 is 10.6 Å². The number of amides is 2. The number of carbonyl (C=O) groups is 3. The molecule has 8 heteroatoms. The molecule has 26 heavy (non-hydrogen) atoms. The van der Waals surface area contributed by atoms with E-state index in [1.165, 1.54) is 6.92 Å². The Kier molecular flexibility index (Phi) is 8.57. The van der Waals surface area contributed by atoms with Crippen molar-refractivity contribution in [1.82, 2.24) is 10.6 Å². The Morgan fingerprint density at radius 1 is 1.15 bits per heavy atom. The minimum Gasteiger partial charge on any atom is -0.464 e. The first-order valence-corrected chi connectivity index (χ1v) is 8.43. The van der Waals surface area contributed by atoms with Gasteiger partial charge in [-0.05, 0) is 25.8 Å². The zero-order valence-electron chi connectivity index (χ0n) is 15.3. The summed E-state index contributed by atoms with van der Waals surface area (Å²) in [7, 11) is 0. The fourth-order valence-electron chi connectivity index (χ4n) is 2.04. The van der Waals surface area contributed by atoms with E-state index in [-0.39, 0.29) is 19.6 Å². The van der Waals surface area contributed by atoms with Gasteiger partial charge >= 0.3 is 12.1 Å². The minimum atomic E-state index is -1.48. The minimum absolute atomic E-state index is 0.0737. The smallest absolute Gasteiger partial charge is 0.407 e. The molecule has 1 aromatic rings. The summed E-state index contributed by atoms with van der Waals surface area (Å²) in [6.45, 7) is 4.53. The lowest BCUT2D eigenvalue weighted by Gasteiger charge is -2.30. The summed E-state index contributed by atoms with van der Waals surface area (Å²) < 4.78 is 9.87. The SMILES string of the molecule is CCOC(=O)[C@@H](NC(=O)CNC(=O)OCc1ccccc1)[C@](C)(O)CC. The number of hydrogen-bond donors (Lipinski definition) is 3. The lowest BCUT2D eigenvalue weighted by atomic mass is 9.93. The summed E-state index contributed by atoms with van der Waals surface area (Å²) in [6, 6.07) is 7.85. The van der Waals surface area contributed by atoms with Gasteiger partial charge in [-0.25, -0.2) is 9.59 Å². The molecule has 0 aliphatic carbocycles. The molecule has 3 N–H and O–H groups in total. The third-order valence-electron chi connectivity index (χ3n) is 3.77. The summed E-state index contributed by atoms with van der Waals surface area (Å²) in [5.41, 5.74) is -0.663. The lowest BCUT2D eigenvalue weighted by molar-refractivity contribution is -0.155. The maximum absolute atomic E-state index is 12.0. The molecule has 2 atom stereocenters. The maximum atomic E-state index is 12.0. The number of carbonyl (C=O) groups excluding carboxylic acids is 3. The molecule has 0 unspecified atom stereocenters. The average Bonchev–Trinajstić information content (AvgIpc) is 2.63. The van der Waals surface area contributed by atoms with Crippen LogP contribution in [0, 0.1) is 0 Å². The van der Waals surface area contributed by atoms with E-state index < -0.39 is 36.2 Å². The van der Waals surface area contributed by atoms with Gasteiger partial charge < -0.3 is 25.2 Å². The maximum Gasteiger partial charge on any atom is 0.407 e. The summed E-state index contributed by atoms with van der Waals surface area (Å²) in [5, 5.41) is 15.0. The molecule has 0 saturated carbocycles. The van der Waals surface area contributed by atoms with Crippen molar-refractivity contribution in [3.05, 3.63) is 35.9 Å². The molecular weight excluding hydrogens is 340 g/mol. The van der Waals surface area contributed by atoms with Gasteiger partial charge in [0, 0.05) is 0 Å². The molecule has 1 aromatic carbocycles. The third-order valence-corrected chi connectivity index (χ3v) is 3.77. The second-order valence-corrected chi connectivity index (χ2v) is 5.88. The van der Waals surface area contributed by atoms with Gasteiger partial charge in [-0.3, -0.25) is 4.79 Å². The molecule has 2 amide bonds. The van der Waals surface area contributed by atoms with Gasteiger partial charge in [0.2, 0.25) is 5.91 Å². The van der Waals surface area contributed by atoms with E-state index in [1.807, 2.05) is 18.2 Å². The highest BCUT2D eigenvalue weighted by Crippen LogP contribution is 2.15. The second-order valence-electron chi connectivity index (χ2n) is 5.88. The van der Waals surface area contributed by atoms with Crippen molar-refractivity contribution in [2.45, 2.75) is 45.4 Å². The zero-order chi connectivity index (χ0) is 19.6. The highest BCUT2D eigenvalue weighted by molar-refractivity contribution is 5.88. The van der Waals surface area contributed by atoms with Crippen molar-refractivity contribution >= 4 is 18.0 Å². The number of esters is 1. The van der Waals surface area contributed by atoms with Gasteiger partial charge in [-0.1, -0.05) is 37.3 Å². The van der Waals surface area contributed by atoms with Crippen LogP contribution in [0.2, 0.25) is 0 Å². The van der Waals surface area contributed by atoms with Crippen LogP contribution in [0.4, 0.5) is 4.79 Å². The first kappa shape index (κ1) is 21.4. The largest absolute Gasteiger partial charge is 0.464 e. The van der Waals surface area contributed by atoms with Crippen molar-refractivity contribution < 1.29 is 29.0 Å². The summed E-state index contributed by atoms with van der Waals surface area (Å²) >= 11 is 0. The number of hydrogen-bond acceptors (Lipinski definition) is 6. The topological polar surface area (TPSA) is 114 Å². The summed E-state index contributed by atoms with van der Waals surface area (Å²) in [4.78, 5) is 35.6. The van der Waals surface area contributed by atoms with Gasteiger partial charge in [0.1, 0.15) is 13.2 Å². The molecule has 0 fully saturated rings. The number of aliphatic hydroxyl groups is 1. The van der Waals surface area contributed by atoms with E-state index in [9.17, 15) is 19.5 Å². The van der Waals surface area contributed by atoms with Crippen LogP contribution in [0.1, 0.15) is 32.8 Å². The van der Waals surface area contributed by atoms with E-state index in [1.54, 1.807) is 26.0 Å². The Labute approximate surface area is 152 Å².